The zero-order valence-electron chi connectivity index (χ0n) is 13.3. The van der Waals surface area contributed by atoms with Gasteiger partial charge in [0, 0.05) is 12.7 Å². The van der Waals surface area contributed by atoms with Crippen LogP contribution in [-0.4, -0.2) is 38.1 Å². The summed E-state index contributed by atoms with van der Waals surface area (Å²) in [5.41, 5.74) is 0.290. The van der Waals surface area contributed by atoms with Gasteiger partial charge in [0.25, 0.3) is 0 Å². The average molecular weight is 496 g/mol. The van der Waals surface area contributed by atoms with Crippen molar-refractivity contribution in [3.05, 3.63) is 40.1 Å². The monoisotopic (exact) mass is 493 g/mol. The van der Waals surface area contributed by atoms with Gasteiger partial charge < -0.3 is 10.0 Å². The third-order valence-corrected chi connectivity index (χ3v) is 9.27. The van der Waals surface area contributed by atoms with Crippen LogP contribution in [0.2, 0.25) is 0 Å². The predicted octanol–water partition coefficient (Wildman–Crippen LogP) is 4.95. The van der Waals surface area contributed by atoms with Crippen molar-refractivity contribution < 1.29 is 19.1 Å². The highest BCUT2D eigenvalue weighted by Crippen LogP contribution is 2.76. The van der Waals surface area contributed by atoms with E-state index in [0.717, 1.165) is 17.0 Å². The normalized spacial score (nSPS) is 34.1. The Kier molecular flexibility index (Phi) is 5.16. The summed E-state index contributed by atoms with van der Waals surface area (Å²) >= 11 is 38.1. The molecule has 4 nitrogen and oxygen atoms in total. The van der Waals surface area contributed by atoms with Crippen LogP contribution in [0.3, 0.4) is 0 Å². The zero-order chi connectivity index (χ0) is 20.5. The predicted molar refractivity (Wildman–Crippen MR) is 105 cm³/mol. The Morgan fingerprint density at radius 2 is 1.44 bits per heavy atom. The minimum atomic E-state index is -2.18. The fourth-order valence-electron chi connectivity index (χ4n) is 3.61. The van der Waals surface area contributed by atoms with E-state index in [0.29, 0.717) is 0 Å². The first-order valence-corrected chi connectivity index (χ1v) is 9.68. The van der Waals surface area contributed by atoms with Gasteiger partial charge >= 0.3 is 5.97 Å². The number of carbonyl (C=O) groups is 2. The van der Waals surface area contributed by atoms with Gasteiger partial charge in [-0.2, -0.15) is 0 Å². The lowest BCUT2D eigenvalue weighted by atomic mass is 9.81. The molecule has 2 aliphatic rings. The SMILES string of the molecule is CN(C(=O)[C@H]1[C@@H](C(=O)O)[C@@]2(Cl)C(Cl)=C(Cl)[C@@]1(Cl)C2(Cl)Cl)c1ccc(F)cc1. The third-order valence-electron chi connectivity index (χ3n) is 5.01. The van der Waals surface area contributed by atoms with Gasteiger partial charge in [0.15, 0.2) is 4.33 Å². The fraction of sp³-hybridized carbons (Fsp3) is 0.375. The molecule has 0 radical (unpaired) electrons. The van der Waals surface area contributed by atoms with E-state index in [1.54, 1.807) is 0 Å². The van der Waals surface area contributed by atoms with Crippen molar-refractivity contribution >= 4 is 87.2 Å². The number of alkyl halides is 4. The molecule has 0 spiro atoms. The summed E-state index contributed by atoms with van der Waals surface area (Å²) in [5, 5.41) is 9.16. The van der Waals surface area contributed by atoms with Crippen LogP contribution < -0.4 is 4.90 Å². The summed E-state index contributed by atoms with van der Waals surface area (Å²) in [6.07, 6.45) is 0. The average Bonchev–Trinajstić information content (AvgIpc) is 2.81. The molecule has 0 aliphatic heterocycles. The quantitative estimate of drug-likeness (QED) is 0.604. The Labute approximate surface area is 183 Å². The number of carboxylic acids is 1. The molecular weight excluding hydrogens is 486 g/mol. The number of fused-ring (bicyclic) bond motifs is 2. The van der Waals surface area contributed by atoms with Crippen LogP contribution in [-0.2, 0) is 9.59 Å². The maximum atomic E-state index is 13.2. The number of rotatable bonds is 3. The van der Waals surface area contributed by atoms with Gasteiger partial charge in [-0.15, -0.1) is 23.2 Å². The van der Waals surface area contributed by atoms with Crippen molar-refractivity contribution in [2.24, 2.45) is 11.8 Å². The molecule has 27 heavy (non-hydrogen) atoms. The number of allylic oxidation sites excluding steroid dienone is 2. The van der Waals surface area contributed by atoms with Crippen LogP contribution in [0, 0.1) is 17.7 Å². The Morgan fingerprint density at radius 3 is 1.89 bits per heavy atom. The molecule has 0 saturated heterocycles. The molecule has 146 valence electrons. The molecule has 0 heterocycles. The molecule has 1 saturated carbocycles. The molecule has 1 N–H and O–H groups in total. The Bertz CT molecular complexity index is 875. The van der Waals surface area contributed by atoms with Crippen molar-refractivity contribution in [2.75, 3.05) is 11.9 Å². The standard InChI is InChI=1S/C16H10Cl6FNO3/c1-24(7-4-2-6(23)3-5-7)12(25)8-9(13(26)27)15(20)11(18)10(17)14(8,19)16(15,21)22/h2-5,8-9H,1H3,(H,26,27)/t8-,9+,14-,15-/m1/s1. The second kappa shape index (κ2) is 6.54. The minimum absolute atomic E-state index is 0.283. The molecule has 0 unspecified atom stereocenters. The summed E-state index contributed by atoms with van der Waals surface area (Å²) in [7, 11) is 1.37. The number of halogens is 7. The lowest BCUT2D eigenvalue weighted by molar-refractivity contribution is -0.146. The van der Waals surface area contributed by atoms with E-state index in [-0.39, 0.29) is 15.8 Å². The van der Waals surface area contributed by atoms with Crippen LogP contribution in [0.1, 0.15) is 0 Å². The Morgan fingerprint density at radius 1 is 1.00 bits per heavy atom. The molecule has 2 aliphatic carbocycles. The molecule has 2 bridgehead atoms. The molecule has 1 aromatic rings. The van der Waals surface area contributed by atoms with Gasteiger partial charge in [-0.25, -0.2) is 4.39 Å². The van der Waals surface area contributed by atoms with Gasteiger partial charge in [-0.3, -0.25) is 9.59 Å². The highest BCUT2D eigenvalue weighted by Gasteiger charge is 2.85. The van der Waals surface area contributed by atoms with E-state index in [9.17, 15) is 19.1 Å². The summed E-state index contributed by atoms with van der Waals surface area (Å²) in [4.78, 5) is 22.1. The summed E-state index contributed by atoms with van der Waals surface area (Å²) in [6, 6.07) is 4.97. The summed E-state index contributed by atoms with van der Waals surface area (Å²) in [6.45, 7) is 0. The topological polar surface area (TPSA) is 57.6 Å². The summed E-state index contributed by atoms with van der Waals surface area (Å²) < 4.78 is 11.0. The number of benzene rings is 1. The Hall–Kier alpha value is -0.430. The number of anilines is 1. The largest absolute Gasteiger partial charge is 0.481 e. The highest BCUT2D eigenvalue weighted by atomic mass is 35.5. The number of hydrogen-bond donors (Lipinski definition) is 1. The van der Waals surface area contributed by atoms with Gasteiger partial charge in [-0.05, 0) is 24.3 Å². The first-order valence-electron chi connectivity index (χ1n) is 7.41. The zero-order valence-corrected chi connectivity index (χ0v) is 17.9. The number of nitrogens with zero attached hydrogens (tertiary/aromatic N) is 1. The van der Waals surface area contributed by atoms with Gasteiger partial charge in [0.2, 0.25) is 5.91 Å². The molecule has 0 aromatic heterocycles. The lowest BCUT2D eigenvalue weighted by Gasteiger charge is -2.35. The van der Waals surface area contributed by atoms with E-state index in [4.69, 9.17) is 69.6 Å². The molecule has 4 atom stereocenters. The van der Waals surface area contributed by atoms with Crippen LogP contribution in [0.4, 0.5) is 10.1 Å². The van der Waals surface area contributed by atoms with Crippen LogP contribution in [0.15, 0.2) is 34.3 Å². The van der Waals surface area contributed by atoms with Gasteiger partial charge in [-0.1, -0.05) is 46.4 Å². The lowest BCUT2D eigenvalue weighted by Crippen LogP contribution is -2.50. The van der Waals surface area contributed by atoms with Gasteiger partial charge in [0.05, 0.1) is 21.9 Å². The first kappa shape index (κ1) is 21.3. The number of carboxylic acid groups (broad SMARTS) is 1. The first-order chi connectivity index (χ1) is 12.3. The molecule has 3 rings (SSSR count). The smallest absolute Gasteiger partial charge is 0.309 e. The maximum absolute atomic E-state index is 13.2. The maximum Gasteiger partial charge on any atom is 0.309 e. The van der Waals surface area contributed by atoms with E-state index < -0.39 is 43.6 Å². The van der Waals surface area contributed by atoms with Crippen molar-refractivity contribution in [3.8, 4) is 0 Å². The number of amides is 1. The second-order valence-corrected chi connectivity index (χ2v) is 9.57. The van der Waals surface area contributed by atoms with E-state index in [1.165, 1.54) is 19.2 Å². The van der Waals surface area contributed by atoms with Crippen molar-refractivity contribution in [3.63, 3.8) is 0 Å². The molecule has 1 amide bonds. The van der Waals surface area contributed by atoms with Crippen molar-refractivity contribution in [1.82, 2.24) is 0 Å². The molecule has 1 fully saturated rings. The summed E-state index contributed by atoms with van der Waals surface area (Å²) in [5.74, 6) is -5.92. The molecular formula is C16H10Cl6FNO3. The van der Waals surface area contributed by atoms with Crippen LogP contribution in [0.25, 0.3) is 0 Å². The van der Waals surface area contributed by atoms with E-state index in [1.807, 2.05) is 0 Å². The molecule has 1 aromatic carbocycles. The van der Waals surface area contributed by atoms with Crippen molar-refractivity contribution in [1.29, 1.82) is 0 Å². The number of carbonyl (C=O) groups excluding carboxylic acids is 1. The van der Waals surface area contributed by atoms with E-state index in [2.05, 4.69) is 0 Å². The fourth-order valence-corrected chi connectivity index (χ4v) is 6.54. The number of aliphatic carboxylic acids is 1. The second-order valence-electron chi connectivity index (χ2n) is 6.29. The third kappa shape index (κ3) is 2.49. The van der Waals surface area contributed by atoms with Crippen LogP contribution >= 0.6 is 69.6 Å². The van der Waals surface area contributed by atoms with Gasteiger partial charge in [0.1, 0.15) is 15.6 Å². The van der Waals surface area contributed by atoms with E-state index >= 15 is 0 Å². The molecule has 11 heteroatoms. The Balaban J connectivity index is 2.15. The highest BCUT2D eigenvalue weighted by molar-refractivity contribution is 6.66. The number of hydrogen-bond acceptors (Lipinski definition) is 2. The van der Waals surface area contributed by atoms with Crippen molar-refractivity contribution in [2.45, 2.75) is 14.1 Å². The minimum Gasteiger partial charge on any atom is -0.481 e. The van der Waals surface area contributed by atoms with Crippen LogP contribution in [0.5, 0.6) is 0 Å².